The number of nitrogens with zero attached hydrogens (tertiary/aromatic N) is 1. The van der Waals surface area contributed by atoms with Gasteiger partial charge in [0.2, 0.25) is 0 Å². The summed E-state index contributed by atoms with van der Waals surface area (Å²) >= 11 is 7.25. The number of hydrogen-bond acceptors (Lipinski definition) is 3. The molecule has 0 radical (unpaired) electrons. The standard InChI is InChI=1S/C15H9ClFNOS/c16-11-5-9(1-2-12(11)17)6-14(19)10-7-15-13(18-8-10)3-4-20-15/h1-5,7-8H,6H2. The molecule has 100 valence electrons. The van der Waals surface area contributed by atoms with Gasteiger partial charge in [-0.25, -0.2) is 4.39 Å². The van der Waals surface area contributed by atoms with Crippen molar-refractivity contribution < 1.29 is 9.18 Å². The molecule has 3 aromatic rings. The summed E-state index contributed by atoms with van der Waals surface area (Å²) in [6.07, 6.45) is 1.75. The third kappa shape index (κ3) is 2.57. The SMILES string of the molecule is O=C(Cc1ccc(F)c(Cl)c1)c1cnc2ccsc2c1. The Morgan fingerprint density at radius 1 is 1.30 bits per heavy atom. The Labute approximate surface area is 123 Å². The number of aromatic nitrogens is 1. The Bertz CT molecular complexity index is 799. The van der Waals surface area contributed by atoms with Gasteiger partial charge in [0.1, 0.15) is 5.82 Å². The van der Waals surface area contributed by atoms with Crippen molar-refractivity contribution in [2.24, 2.45) is 0 Å². The number of thiophene rings is 1. The van der Waals surface area contributed by atoms with Crippen molar-refractivity contribution >= 4 is 38.9 Å². The van der Waals surface area contributed by atoms with Crippen LogP contribution in [0.15, 0.2) is 41.9 Å². The average molecular weight is 306 g/mol. The van der Waals surface area contributed by atoms with E-state index >= 15 is 0 Å². The molecule has 0 bridgehead atoms. The molecular formula is C15H9ClFNOS. The van der Waals surface area contributed by atoms with E-state index < -0.39 is 5.82 Å². The predicted molar refractivity (Wildman–Crippen MR) is 79.1 cm³/mol. The minimum Gasteiger partial charge on any atom is -0.294 e. The minimum atomic E-state index is -0.482. The van der Waals surface area contributed by atoms with Gasteiger partial charge in [-0.3, -0.25) is 9.78 Å². The van der Waals surface area contributed by atoms with Crippen molar-refractivity contribution in [1.29, 1.82) is 0 Å². The average Bonchev–Trinajstić information content (AvgIpc) is 2.90. The van der Waals surface area contributed by atoms with Gasteiger partial charge in [-0.1, -0.05) is 17.7 Å². The monoisotopic (exact) mass is 305 g/mol. The molecule has 5 heteroatoms. The number of carbonyl (C=O) groups excluding carboxylic acids is 1. The Morgan fingerprint density at radius 2 is 2.15 bits per heavy atom. The quantitative estimate of drug-likeness (QED) is 0.666. The van der Waals surface area contributed by atoms with Crippen LogP contribution in [-0.4, -0.2) is 10.8 Å². The van der Waals surface area contributed by atoms with Gasteiger partial charge in [0.25, 0.3) is 0 Å². The van der Waals surface area contributed by atoms with Crippen molar-refractivity contribution in [1.82, 2.24) is 4.98 Å². The minimum absolute atomic E-state index is 0.0298. The lowest BCUT2D eigenvalue weighted by atomic mass is 10.0. The Hall–Kier alpha value is -1.78. The first kappa shape index (κ1) is 13.2. The van der Waals surface area contributed by atoms with E-state index in [0.717, 1.165) is 10.2 Å². The number of fused-ring (bicyclic) bond motifs is 1. The fourth-order valence-electron chi connectivity index (χ4n) is 1.94. The van der Waals surface area contributed by atoms with Gasteiger partial charge in [0.05, 0.1) is 15.2 Å². The van der Waals surface area contributed by atoms with Crippen molar-refractivity contribution in [2.45, 2.75) is 6.42 Å². The molecule has 2 nitrogen and oxygen atoms in total. The molecule has 0 N–H and O–H groups in total. The highest BCUT2D eigenvalue weighted by atomic mass is 35.5. The zero-order chi connectivity index (χ0) is 14.1. The van der Waals surface area contributed by atoms with E-state index in [1.54, 1.807) is 23.6 Å². The lowest BCUT2D eigenvalue weighted by molar-refractivity contribution is 0.0993. The van der Waals surface area contributed by atoms with Crippen LogP contribution in [0.3, 0.4) is 0 Å². The van der Waals surface area contributed by atoms with Crippen LogP contribution >= 0.6 is 22.9 Å². The Morgan fingerprint density at radius 3 is 2.95 bits per heavy atom. The van der Waals surface area contributed by atoms with Crippen LogP contribution in [0.25, 0.3) is 10.2 Å². The maximum absolute atomic E-state index is 13.1. The van der Waals surface area contributed by atoms with Gasteiger partial charge in [0.15, 0.2) is 5.78 Å². The molecule has 0 aliphatic rings. The summed E-state index contributed by atoms with van der Waals surface area (Å²) in [6, 6.07) is 8.06. The topological polar surface area (TPSA) is 30.0 Å². The van der Waals surface area contributed by atoms with Gasteiger partial charge < -0.3 is 0 Å². The smallest absolute Gasteiger partial charge is 0.168 e. The summed E-state index contributed by atoms with van der Waals surface area (Å²) in [7, 11) is 0. The molecule has 2 heterocycles. The van der Waals surface area contributed by atoms with E-state index in [-0.39, 0.29) is 17.2 Å². The zero-order valence-corrected chi connectivity index (χ0v) is 11.8. The van der Waals surface area contributed by atoms with E-state index in [0.29, 0.717) is 11.1 Å². The van der Waals surface area contributed by atoms with Gasteiger partial charge >= 0.3 is 0 Å². The van der Waals surface area contributed by atoms with Gasteiger partial charge in [-0.15, -0.1) is 11.3 Å². The predicted octanol–water partition coefficient (Wildman–Crippen LogP) is 4.51. The summed E-state index contributed by atoms with van der Waals surface area (Å²) in [6.45, 7) is 0. The molecule has 0 aliphatic heterocycles. The number of hydrogen-bond donors (Lipinski definition) is 0. The molecule has 0 atom stereocenters. The van der Waals surface area contributed by atoms with Crippen LogP contribution < -0.4 is 0 Å². The molecule has 0 unspecified atom stereocenters. The summed E-state index contributed by atoms with van der Waals surface area (Å²) in [5.41, 5.74) is 2.13. The van der Waals surface area contributed by atoms with E-state index in [4.69, 9.17) is 11.6 Å². The molecule has 0 amide bonds. The van der Waals surface area contributed by atoms with Crippen LogP contribution in [0.2, 0.25) is 5.02 Å². The first-order valence-corrected chi connectivity index (χ1v) is 7.19. The number of pyridine rings is 1. The van der Waals surface area contributed by atoms with E-state index in [1.807, 2.05) is 17.5 Å². The summed E-state index contributed by atoms with van der Waals surface area (Å²) in [5, 5.41) is 1.97. The second-order valence-electron chi connectivity index (χ2n) is 4.38. The Kier molecular flexibility index (Phi) is 3.51. The maximum atomic E-state index is 13.1. The lowest BCUT2D eigenvalue weighted by Gasteiger charge is -2.03. The van der Waals surface area contributed by atoms with Crippen molar-refractivity contribution in [2.75, 3.05) is 0 Å². The van der Waals surface area contributed by atoms with E-state index in [2.05, 4.69) is 4.98 Å². The van der Waals surface area contributed by atoms with Crippen molar-refractivity contribution in [3.63, 3.8) is 0 Å². The molecule has 0 aliphatic carbocycles. The second kappa shape index (κ2) is 5.31. The highest BCUT2D eigenvalue weighted by Gasteiger charge is 2.10. The fourth-order valence-corrected chi connectivity index (χ4v) is 2.92. The Balaban J connectivity index is 1.86. The second-order valence-corrected chi connectivity index (χ2v) is 5.73. The van der Waals surface area contributed by atoms with E-state index in [9.17, 15) is 9.18 Å². The van der Waals surface area contributed by atoms with E-state index in [1.165, 1.54) is 12.1 Å². The molecule has 2 aromatic heterocycles. The van der Waals surface area contributed by atoms with Gasteiger partial charge in [-0.05, 0) is 35.2 Å². The molecule has 3 rings (SSSR count). The van der Waals surface area contributed by atoms with Crippen LogP contribution in [0.1, 0.15) is 15.9 Å². The zero-order valence-electron chi connectivity index (χ0n) is 10.3. The molecule has 0 fully saturated rings. The molecule has 1 aromatic carbocycles. The molecule has 0 spiro atoms. The summed E-state index contributed by atoms with van der Waals surface area (Å²) in [5.74, 6) is -0.542. The lowest BCUT2D eigenvalue weighted by Crippen LogP contribution is -2.04. The van der Waals surface area contributed by atoms with Crippen LogP contribution in [-0.2, 0) is 6.42 Å². The highest BCUT2D eigenvalue weighted by molar-refractivity contribution is 7.17. The fraction of sp³-hybridized carbons (Fsp3) is 0.0667. The van der Waals surface area contributed by atoms with Crippen LogP contribution in [0, 0.1) is 5.82 Å². The largest absolute Gasteiger partial charge is 0.294 e. The van der Waals surface area contributed by atoms with Crippen molar-refractivity contribution in [3.8, 4) is 0 Å². The number of halogens is 2. The van der Waals surface area contributed by atoms with Gasteiger partial charge in [0, 0.05) is 18.2 Å². The number of carbonyl (C=O) groups is 1. The van der Waals surface area contributed by atoms with Gasteiger partial charge in [-0.2, -0.15) is 0 Å². The number of Topliss-reactive ketones (excluding diaryl/α,β-unsaturated/α-hetero) is 1. The summed E-state index contributed by atoms with van der Waals surface area (Å²) < 4.78 is 14.1. The molecular weight excluding hydrogens is 297 g/mol. The highest BCUT2D eigenvalue weighted by Crippen LogP contribution is 2.21. The number of rotatable bonds is 3. The first-order chi connectivity index (χ1) is 9.63. The third-order valence-electron chi connectivity index (χ3n) is 2.97. The number of benzene rings is 1. The third-order valence-corrected chi connectivity index (χ3v) is 4.12. The molecule has 20 heavy (non-hydrogen) atoms. The first-order valence-electron chi connectivity index (χ1n) is 5.94. The number of ketones is 1. The summed E-state index contributed by atoms with van der Waals surface area (Å²) in [4.78, 5) is 16.4. The van der Waals surface area contributed by atoms with Crippen molar-refractivity contribution in [3.05, 3.63) is 63.9 Å². The van der Waals surface area contributed by atoms with Crippen LogP contribution in [0.5, 0.6) is 0 Å². The molecule has 0 saturated heterocycles. The maximum Gasteiger partial charge on any atom is 0.168 e. The molecule has 0 saturated carbocycles. The normalized spacial score (nSPS) is 10.9. The van der Waals surface area contributed by atoms with Crippen LogP contribution in [0.4, 0.5) is 4.39 Å².